The van der Waals surface area contributed by atoms with Gasteiger partial charge in [0.05, 0.1) is 5.56 Å². The van der Waals surface area contributed by atoms with Gasteiger partial charge in [0.2, 0.25) is 0 Å². The number of carboxylic acid groups (broad SMARTS) is 1. The van der Waals surface area contributed by atoms with Crippen LogP contribution in [0.2, 0.25) is 0 Å². The molecule has 0 fully saturated rings. The van der Waals surface area contributed by atoms with E-state index in [9.17, 15) is 9.59 Å². The molecule has 5 heteroatoms. The normalized spacial score (nSPS) is 10.3. The predicted molar refractivity (Wildman–Crippen MR) is 88.5 cm³/mol. The van der Waals surface area contributed by atoms with E-state index in [1.165, 1.54) is 24.3 Å². The number of fused-ring (bicyclic) bond motifs is 1. The van der Waals surface area contributed by atoms with E-state index in [1.54, 1.807) is 6.07 Å². The van der Waals surface area contributed by atoms with Crippen LogP contribution in [0.3, 0.4) is 0 Å². The van der Waals surface area contributed by atoms with Gasteiger partial charge in [0, 0.05) is 0 Å². The molecule has 0 aliphatic heterocycles. The molecule has 0 radical (unpaired) electrons. The highest BCUT2D eigenvalue weighted by Gasteiger charge is 2.09. The summed E-state index contributed by atoms with van der Waals surface area (Å²) in [4.78, 5) is 22.7. The average Bonchev–Trinajstić information content (AvgIpc) is 2.60. The van der Waals surface area contributed by atoms with Gasteiger partial charge < -0.3 is 14.6 Å². The largest absolute Gasteiger partial charge is 0.482 e. The summed E-state index contributed by atoms with van der Waals surface area (Å²) in [6.07, 6.45) is 0. The first kappa shape index (κ1) is 15.6. The number of aromatic carboxylic acids is 1. The summed E-state index contributed by atoms with van der Waals surface area (Å²) < 4.78 is 10.5. The maximum Gasteiger partial charge on any atom is 0.349 e. The number of hydrogen-bond donors (Lipinski definition) is 1. The molecule has 0 heterocycles. The quantitative estimate of drug-likeness (QED) is 0.575. The zero-order chi connectivity index (χ0) is 16.9. The zero-order valence-electron chi connectivity index (χ0n) is 12.6. The molecule has 3 rings (SSSR count). The fourth-order valence-electron chi connectivity index (χ4n) is 2.25. The van der Waals surface area contributed by atoms with Crippen molar-refractivity contribution in [2.75, 3.05) is 6.61 Å². The molecule has 0 amide bonds. The van der Waals surface area contributed by atoms with E-state index in [2.05, 4.69) is 0 Å². The Labute approximate surface area is 138 Å². The van der Waals surface area contributed by atoms with Crippen molar-refractivity contribution in [3.05, 3.63) is 72.3 Å². The van der Waals surface area contributed by atoms with E-state index >= 15 is 0 Å². The molecule has 5 nitrogen and oxygen atoms in total. The number of carbonyl (C=O) groups is 2. The molecular formula is C19H14O5. The van der Waals surface area contributed by atoms with Gasteiger partial charge >= 0.3 is 11.9 Å². The second-order valence-electron chi connectivity index (χ2n) is 5.10. The fourth-order valence-corrected chi connectivity index (χ4v) is 2.25. The fraction of sp³-hybridized carbons (Fsp3) is 0.0526. The minimum Gasteiger partial charge on any atom is -0.482 e. The smallest absolute Gasteiger partial charge is 0.349 e. The van der Waals surface area contributed by atoms with Crippen LogP contribution in [-0.2, 0) is 4.79 Å². The van der Waals surface area contributed by atoms with E-state index in [-0.39, 0.29) is 17.9 Å². The van der Waals surface area contributed by atoms with Crippen LogP contribution in [0.15, 0.2) is 66.7 Å². The Kier molecular flexibility index (Phi) is 4.43. The molecule has 0 unspecified atom stereocenters. The topological polar surface area (TPSA) is 72.8 Å². The summed E-state index contributed by atoms with van der Waals surface area (Å²) in [5.74, 6) is -0.960. The Balaban J connectivity index is 1.62. The third-order valence-corrected chi connectivity index (χ3v) is 3.39. The Hall–Kier alpha value is -3.34. The summed E-state index contributed by atoms with van der Waals surface area (Å²) in [5, 5.41) is 11.0. The second-order valence-corrected chi connectivity index (χ2v) is 5.10. The van der Waals surface area contributed by atoms with Crippen molar-refractivity contribution < 1.29 is 24.2 Å². The SMILES string of the molecule is O=C(COc1ccc2ccccc2c1)Oc1cccc(C(=O)O)c1. The molecule has 0 aromatic heterocycles. The highest BCUT2D eigenvalue weighted by Crippen LogP contribution is 2.20. The van der Waals surface area contributed by atoms with Gasteiger partial charge in [-0.25, -0.2) is 9.59 Å². The lowest BCUT2D eigenvalue weighted by Gasteiger charge is -2.08. The zero-order valence-corrected chi connectivity index (χ0v) is 12.6. The van der Waals surface area contributed by atoms with Gasteiger partial charge in [0.15, 0.2) is 6.61 Å². The van der Waals surface area contributed by atoms with E-state index in [4.69, 9.17) is 14.6 Å². The summed E-state index contributed by atoms with van der Waals surface area (Å²) in [5.41, 5.74) is 0.0516. The monoisotopic (exact) mass is 322 g/mol. The minimum atomic E-state index is -1.08. The van der Waals surface area contributed by atoms with Gasteiger partial charge in [-0.05, 0) is 41.1 Å². The van der Waals surface area contributed by atoms with Gasteiger partial charge in [0.25, 0.3) is 0 Å². The number of carboxylic acids is 1. The van der Waals surface area contributed by atoms with Crippen molar-refractivity contribution >= 4 is 22.7 Å². The predicted octanol–water partition coefficient (Wildman–Crippen LogP) is 3.52. The van der Waals surface area contributed by atoms with Gasteiger partial charge in [-0.15, -0.1) is 0 Å². The first-order chi connectivity index (χ1) is 11.6. The first-order valence-corrected chi connectivity index (χ1v) is 7.27. The van der Waals surface area contributed by atoms with E-state index in [0.29, 0.717) is 5.75 Å². The molecule has 3 aromatic rings. The van der Waals surface area contributed by atoms with Crippen molar-refractivity contribution in [1.82, 2.24) is 0 Å². The van der Waals surface area contributed by atoms with E-state index in [1.807, 2.05) is 36.4 Å². The third kappa shape index (κ3) is 3.70. The number of esters is 1. The van der Waals surface area contributed by atoms with Crippen LogP contribution in [0.4, 0.5) is 0 Å². The standard InChI is InChI=1S/C19H14O5/c20-18(24-17-7-3-6-15(11-17)19(21)22)12-23-16-9-8-13-4-1-2-5-14(13)10-16/h1-11H,12H2,(H,21,22). The lowest BCUT2D eigenvalue weighted by Crippen LogP contribution is -2.17. The van der Waals surface area contributed by atoms with Crippen LogP contribution in [0, 0.1) is 0 Å². The highest BCUT2D eigenvalue weighted by atomic mass is 16.6. The van der Waals surface area contributed by atoms with Gasteiger partial charge in [-0.1, -0.05) is 36.4 Å². The molecular weight excluding hydrogens is 308 g/mol. The Morgan fingerprint density at radius 1 is 0.833 bits per heavy atom. The maximum absolute atomic E-state index is 11.8. The molecule has 0 saturated carbocycles. The Morgan fingerprint density at radius 3 is 2.42 bits per heavy atom. The third-order valence-electron chi connectivity index (χ3n) is 3.39. The van der Waals surface area contributed by atoms with Crippen LogP contribution < -0.4 is 9.47 Å². The van der Waals surface area contributed by atoms with Crippen LogP contribution in [-0.4, -0.2) is 23.7 Å². The van der Waals surface area contributed by atoms with Crippen LogP contribution >= 0.6 is 0 Å². The van der Waals surface area contributed by atoms with Crippen molar-refractivity contribution in [2.24, 2.45) is 0 Å². The van der Waals surface area contributed by atoms with Crippen molar-refractivity contribution in [3.8, 4) is 11.5 Å². The summed E-state index contributed by atoms with van der Waals surface area (Å²) >= 11 is 0. The molecule has 0 atom stereocenters. The second kappa shape index (κ2) is 6.83. The average molecular weight is 322 g/mol. The van der Waals surface area contributed by atoms with Crippen molar-refractivity contribution in [1.29, 1.82) is 0 Å². The Bertz CT molecular complexity index is 901. The van der Waals surface area contributed by atoms with Gasteiger partial charge in [-0.2, -0.15) is 0 Å². The molecule has 0 aliphatic carbocycles. The number of rotatable bonds is 5. The molecule has 3 aromatic carbocycles. The highest BCUT2D eigenvalue weighted by molar-refractivity contribution is 5.88. The van der Waals surface area contributed by atoms with Crippen LogP contribution in [0.25, 0.3) is 10.8 Å². The van der Waals surface area contributed by atoms with Crippen molar-refractivity contribution in [3.63, 3.8) is 0 Å². The number of carbonyl (C=O) groups excluding carboxylic acids is 1. The molecule has 120 valence electrons. The molecule has 0 aliphatic rings. The summed E-state index contributed by atoms with van der Waals surface area (Å²) in [6, 6.07) is 19.1. The van der Waals surface area contributed by atoms with Gasteiger partial charge in [-0.3, -0.25) is 0 Å². The lowest BCUT2D eigenvalue weighted by molar-refractivity contribution is -0.136. The minimum absolute atomic E-state index is 0.0516. The number of ether oxygens (including phenoxy) is 2. The van der Waals surface area contributed by atoms with Gasteiger partial charge in [0.1, 0.15) is 11.5 Å². The van der Waals surface area contributed by atoms with E-state index in [0.717, 1.165) is 10.8 Å². The van der Waals surface area contributed by atoms with Crippen LogP contribution in [0.5, 0.6) is 11.5 Å². The first-order valence-electron chi connectivity index (χ1n) is 7.27. The molecule has 0 saturated heterocycles. The summed E-state index contributed by atoms with van der Waals surface area (Å²) in [6.45, 7) is -0.268. The molecule has 24 heavy (non-hydrogen) atoms. The molecule has 0 spiro atoms. The number of benzene rings is 3. The lowest BCUT2D eigenvalue weighted by atomic mass is 10.1. The molecule has 1 N–H and O–H groups in total. The maximum atomic E-state index is 11.8. The van der Waals surface area contributed by atoms with Crippen molar-refractivity contribution in [2.45, 2.75) is 0 Å². The summed E-state index contributed by atoms with van der Waals surface area (Å²) in [7, 11) is 0. The Morgan fingerprint density at radius 2 is 1.62 bits per heavy atom. The van der Waals surface area contributed by atoms with Crippen LogP contribution in [0.1, 0.15) is 10.4 Å². The number of hydrogen-bond acceptors (Lipinski definition) is 4. The van der Waals surface area contributed by atoms with E-state index < -0.39 is 11.9 Å². The molecule has 0 bridgehead atoms.